The number of aromatic nitrogens is 6. The third kappa shape index (κ3) is 6.83. The van der Waals surface area contributed by atoms with Crippen molar-refractivity contribution in [2.75, 3.05) is 37.0 Å². The van der Waals surface area contributed by atoms with Gasteiger partial charge in [-0.25, -0.2) is 0 Å². The zero-order valence-corrected chi connectivity index (χ0v) is 17.4. The van der Waals surface area contributed by atoms with E-state index < -0.39 is 0 Å². The average molecular weight is 440 g/mol. The van der Waals surface area contributed by atoms with E-state index in [1.807, 2.05) is 23.9 Å². The Morgan fingerprint density at radius 3 is 1.15 bits per heavy atom. The quantitative estimate of drug-likeness (QED) is 0.545. The van der Waals surface area contributed by atoms with Crippen molar-refractivity contribution in [1.29, 1.82) is 0 Å². The highest BCUT2D eigenvalue weighted by molar-refractivity contribution is 6.31. The fourth-order valence-electron chi connectivity index (χ4n) is 2.23. The molecule has 0 amide bonds. The summed E-state index contributed by atoms with van der Waals surface area (Å²) >= 11 is 23.2. The van der Waals surface area contributed by atoms with E-state index in [4.69, 9.17) is 46.4 Å². The molecule has 0 fully saturated rings. The number of anilines is 2. The minimum atomic E-state index is 0.0911. The third-order valence-corrected chi connectivity index (χ3v) is 4.23. The second kappa shape index (κ2) is 10.2. The largest absolute Gasteiger partial charge is 0.344 e. The summed E-state index contributed by atoms with van der Waals surface area (Å²) in [6.45, 7) is 1.59. The Labute approximate surface area is 171 Å². The zero-order chi connectivity index (χ0) is 19.1. The van der Waals surface area contributed by atoms with Crippen LogP contribution in [0.2, 0.25) is 21.1 Å². The van der Waals surface area contributed by atoms with E-state index >= 15 is 0 Å². The molecule has 0 N–H and O–H groups in total. The normalized spacial score (nSPS) is 10.8. The second-order valence-corrected chi connectivity index (χ2v) is 6.96. The van der Waals surface area contributed by atoms with Gasteiger partial charge in [-0.1, -0.05) is 12.8 Å². The van der Waals surface area contributed by atoms with Crippen molar-refractivity contribution in [3.63, 3.8) is 0 Å². The monoisotopic (exact) mass is 438 g/mol. The van der Waals surface area contributed by atoms with Crippen LogP contribution in [0.25, 0.3) is 0 Å². The van der Waals surface area contributed by atoms with Crippen LogP contribution >= 0.6 is 46.4 Å². The van der Waals surface area contributed by atoms with Crippen LogP contribution in [0.5, 0.6) is 0 Å². The van der Waals surface area contributed by atoms with Gasteiger partial charge in [-0.2, -0.15) is 29.9 Å². The van der Waals surface area contributed by atoms with Crippen LogP contribution in [0, 0.1) is 0 Å². The molecule has 0 aliphatic rings. The first-order chi connectivity index (χ1) is 12.3. The number of nitrogens with zero attached hydrogens (tertiary/aromatic N) is 8. The molecule has 2 rings (SSSR count). The van der Waals surface area contributed by atoms with Gasteiger partial charge in [-0.15, -0.1) is 0 Å². The molecule has 0 unspecified atom stereocenters. The Hall–Kier alpha value is -1.22. The number of hydrogen-bond acceptors (Lipinski definition) is 8. The number of unbranched alkanes of at least 4 members (excludes halogenated alkanes) is 3. The van der Waals surface area contributed by atoms with Gasteiger partial charge in [-0.05, 0) is 59.2 Å². The van der Waals surface area contributed by atoms with Crippen LogP contribution < -0.4 is 9.80 Å². The molecule has 8 nitrogen and oxygen atoms in total. The first-order valence-electron chi connectivity index (χ1n) is 7.91. The van der Waals surface area contributed by atoms with Crippen LogP contribution in [0.4, 0.5) is 11.9 Å². The maximum atomic E-state index is 5.79. The summed E-state index contributed by atoms with van der Waals surface area (Å²) < 4.78 is 0. The molecule has 26 heavy (non-hydrogen) atoms. The van der Waals surface area contributed by atoms with Crippen molar-refractivity contribution >= 4 is 58.3 Å². The lowest BCUT2D eigenvalue weighted by Gasteiger charge is -2.18. The fraction of sp³-hybridized carbons (Fsp3) is 0.571. The van der Waals surface area contributed by atoms with E-state index in [1.165, 1.54) is 0 Å². The summed E-state index contributed by atoms with van der Waals surface area (Å²) in [7, 11) is 3.79. The van der Waals surface area contributed by atoms with Crippen LogP contribution in [-0.4, -0.2) is 57.1 Å². The molecule has 0 aliphatic carbocycles. The lowest BCUT2D eigenvalue weighted by atomic mass is 10.2. The molecule has 2 aromatic heterocycles. The van der Waals surface area contributed by atoms with E-state index in [0.29, 0.717) is 11.9 Å². The van der Waals surface area contributed by atoms with Crippen LogP contribution in [0.15, 0.2) is 0 Å². The van der Waals surface area contributed by atoms with Gasteiger partial charge in [0.25, 0.3) is 0 Å². The lowest BCUT2D eigenvalue weighted by molar-refractivity contribution is 0.627. The van der Waals surface area contributed by atoms with E-state index in [0.717, 1.165) is 38.8 Å². The van der Waals surface area contributed by atoms with E-state index in [9.17, 15) is 0 Å². The van der Waals surface area contributed by atoms with E-state index in [1.54, 1.807) is 0 Å². The molecule has 0 bridgehead atoms. The molecular weight excluding hydrogens is 422 g/mol. The summed E-state index contributed by atoms with van der Waals surface area (Å²) in [5.74, 6) is 0.941. The highest BCUT2D eigenvalue weighted by atomic mass is 35.5. The first kappa shape index (κ1) is 21.1. The van der Waals surface area contributed by atoms with E-state index in [-0.39, 0.29) is 21.1 Å². The Morgan fingerprint density at radius 1 is 0.538 bits per heavy atom. The molecule has 2 heterocycles. The van der Waals surface area contributed by atoms with Gasteiger partial charge in [0.15, 0.2) is 0 Å². The molecule has 0 saturated carbocycles. The lowest BCUT2D eigenvalue weighted by Crippen LogP contribution is -2.22. The minimum absolute atomic E-state index is 0.0911. The molecule has 0 radical (unpaired) electrons. The van der Waals surface area contributed by atoms with Gasteiger partial charge in [0.1, 0.15) is 0 Å². The molecule has 2 aromatic rings. The molecule has 0 spiro atoms. The first-order valence-corrected chi connectivity index (χ1v) is 9.43. The Kier molecular flexibility index (Phi) is 8.27. The predicted octanol–water partition coefficient (Wildman–Crippen LogP) is 3.80. The van der Waals surface area contributed by atoms with Crippen molar-refractivity contribution < 1.29 is 0 Å². The summed E-state index contributed by atoms with van der Waals surface area (Å²) in [5.41, 5.74) is 0. The molecule has 0 aliphatic heterocycles. The summed E-state index contributed by atoms with van der Waals surface area (Å²) in [6, 6.07) is 0. The van der Waals surface area contributed by atoms with Crippen molar-refractivity contribution in [3.05, 3.63) is 21.1 Å². The van der Waals surface area contributed by atoms with Crippen LogP contribution in [-0.2, 0) is 0 Å². The fourth-order valence-corrected chi connectivity index (χ4v) is 2.93. The molecule has 0 aromatic carbocycles. The summed E-state index contributed by atoms with van der Waals surface area (Å²) in [4.78, 5) is 27.5. The van der Waals surface area contributed by atoms with Crippen molar-refractivity contribution in [3.8, 4) is 0 Å². The van der Waals surface area contributed by atoms with Gasteiger partial charge in [0.2, 0.25) is 33.0 Å². The second-order valence-electron chi connectivity index (χ2n) is 5.60. The van der Waals surface area contributed by atoms with Crippen molar-refractivity contribution in [1.82, 2.24) is 29.9 Å². The molecule has 0 saturated heterocycles. The van der Waals surface area contributed by atoms with Gasteiger partial charge in [0, 0.05) is 27.2 Å². The smallest absolute Gasteiger partial charge is 0.230 e. The maximum Gasteiger partial charge on any atom is 0.230 e. The topological polar surface area (TPSA) is 83.8 Å². The average Bonchev–Trinajstić information content (AvgIpc) is 2.55. The highest BCUT2D eigenvalue weighted by Gasteiger charge is 2.09. The van der Waals surface area contributed by atoms with Crippen molar-refractivity contribution in [2.24, 2.45) is 0 Å². The summed E-state index contributed by atoms with van der Waals surface area (Å²) in [6.07, 6.45) is 4.10. The van der Waals surface area contributed by atoms with Gasteiger partial charge >= 0.3 is 0 Å². The van der Waals surface area contributed by atoms with Crippen molar-refractivity contribution in [2.45, 2.75) is 25.7 Å². The standard InChI is InChI=1S/C14H18Cl4N8/c1-25(13-21-9(15)19-10(16)22-13)7-5-3-4-6-8-26(2)14-23-11(17)20-12(18)24-14/h3-8H2,1-2H3. The molecule has 142 valence electrons. The van der Waals surface area contributed by atoms with E-state index in [2.05, 4.69) is 29.9 Å². The van der Waals surface area contributed by atoms with Crippen LogP contribution in [0.3, 0.4) is 0 Å². The Balaban J connectivity index is 1.67. The SMILES string of the molecule is CN(CCCCCCN(C)c1nc(Cl)nc(Cl)n1)c1nc(Cl)nc(Cl)n1. The zero-order valence-electron chi connectivity index (χ0n) is 14.3. The highest BCUT2D eigenvalue weighted by Crippen LogP contribution is 2.15. The van der Waals surface area contributed by atoms with Gasteiger partial charge in [0.05, 0.1) is 0 Å². The summed E-state index contributed by atoms with van der Waals surface area (Å²) in [5, 5.41) is 0.365. The Morgan fingerprint density at radius 2 is 0.846 bits per heavy atom. The maximum absolute atomic E-state index is 5.79. The van der Waals surface area contributed by atoms with Gasteiger partial charge < -0.3 is 9.80 Å². The molecule has 0 atom stereocenters. The minimum Gasteiger partial charge on any atom is -0.344 e. The van der Waals surface area contributed by atoms with Gasteiger partial charge in [-0.3, -0.25) is 0 Å². The number of hydrogen-bond donors (Lipinski definition) is 0. The Bertz CT molecular complexity index is 630. The third-order valence-electron chi connectivity index (χ3n) is 3.56. The molecular formula is C14H18Cl4N8. The van der Waals surface area contributed by atoms with Crippen LogP contribution in [0.1, 0.15) is 25.7 Å². The number of rotatable bonds is 9. The molecule has 12 heteroatoms. The number of halogens is 4. The predicted molar refractivity (Wildman–Crippen MR) is 105 cm³/mol.